The second-order valence-corrected chi connectivity index (χ2v) is 6.24. The smallest absolute Gasteiger partial charge is 0.295 e. The largest absolute Gasteiger partial charge is 0.319 e. The van der Waals surface area contributed by atoms with Crippen molar-refractivity contribution in [1.29, 1.82) is 0 Å². The van der Waals surface area contributed by atoms with Gasteiger partial charge in [-0.2, -0.15) is 0 Å². The van der Waals surface area contributed by atoms with E-state index in [-0.39, 0.29) is 11.2 Å². The first-order valence-corrected chi connectivity index (χ1v) is 6.71. The SMILES string of the molecule is CC(C)(C)c1nc(C(=O)Nc2cc(Cl)cc(Cl)c2)n[nH]1. The molecule has 20 heavy (non-hydrogen) atoms. The highest BCUT2D eigenvalue weighted by Crippen LogP contribution is 2.23. The maximum atomic E-state index is 12.0. The first kappa shape index (κ1) is 14.8. The molecule has 0 aliphatic rings. The number of carbonyl (C=O) groups is 1. The van der Waals surface area contributed by atoms with Crippen LogP contribution in [0.3, 0.4) is 0 Å². The number of H-pyrrole nitrogens is 1. The van der Waals surface area contributed by atoms with Crippen LogP contribution in [0.5, 0.6) is 0 Å². The number of amides is 1. The number of aromatic amines is 1. The minimum absolute atomic E-state index is 0.0750. The molecule has 5 nitrogen and oxygen atoms in total. The highest BCUT2D eigenvalue weighted by molar-refractivity contribution is 6.35. The Morgan fingerprint density at radius 1 is 1.20 bits per heavy atom. The van der Waals surface area contributed by atoms with Crippen LogP contribution in [0.25, 0.3) is 0 Å². The topological polar surface area (TPSA) is 70.7 Å². The van der Waals surface area contributed by atoms with Crippen LogP contribution in [0.2, 0.25) is 10.0 Å². The number of halogens is 2. The summed E-state index contributed by atoms with van der Waals surface area (Å²) >= 11 is 11.7. The second kappa shape index (κ2) is 5.42. The van der Waals surface area contributed by atoms with Crippen molar-refractivity contribution in [3.8, 4) is 0 Å². The van der Waals surface area contributed by atoms with Crippen molar-refractivity contribution in [2.45, 2.75) is 26.2 Å². The van der Waals surface area contributed by atoms with E-state index in [9.17, 15) is 4.79 Å². The number of anilines is 1. The highest BCUT2D eigenvalue weighted by atomic mass is 35.5. The van der Waals surface area contributed by atoms with E-state index in [4.69, 9.17) is 23.2 Å². The van der Waals surface area contributed by atoms with Crippen LogP contribution >= 0.6 is 23.2 Å². The Hall–Kier alpha value is -1.59. The van der Waals surface area contributed by atoms with Gasteiger partial charge in [-0.3, -0.25) is 9.89 Å². The quantitative estimate of drug-likeness (QED) is 0.889. The van der Waals surface area contributed by atoms with Crippen molar-refractivity contribution >= 4 is 34.8 Å². The summed E-state index contributed by atoms with van der Waals surface area (Å²) in [6, 6.07) is 4.79. The summed E-state index contributed by atoms with van der Waals surface area (Å²) in [6.45, 7) is 5.93. The molecule has 1 aromatic carbocycles. The molecule has 0 aliphatic carbocycles. The van der Waals surface area contributed by atoms with Gasteiger partial charge in [0.25, 0.3) is 5.91 Å². The van der Waals surface area contributed by atoms with Crippen molar-refractivity contribution in [3.05, 3.63) is 39.9 Å². The molecule has 1 aromatic heterocycles. The maximum Gasteiger partial charge on any atom is 0.295 e. The highest BCUT2D eigenvalue weighted by Gasteiger charge is 2.21. The van der Waals surface area contributed by atoms with Gasteiger partial charge in [0.1, 0.15) is 5.82 Å². The molecule has 2 aromatic rings. The average molecular weight is 313 g/mol. The zero-order valence-electron chi connectivity index (χ0n) is 11.3. The Labute approximate surface area is 126 Å². The molecule has 0 radical (unpaired) electrons. The van der Waals surface area contributed by atoms with Gasteiger partial charge in [-0.1, -0.05) is 44.0 Å². The summed E-state index contributed by atoms with van der Waals surface area (Å²) in [6.07, 6.45) is 0. The normalized spacial score (nSPS) is 11.4. The van der Waals surface area contributed by atoms with Gasteiger partial charge >= 0.3 is 0 Å². The lowest BCUT2D eigenvalue weighted by Gasteiger charge is -2.12. The van der Waals surface area contributed by atoms with E-state index in [1.165, 1.54) is 0 Å². The molecule has 0 spiro atoms. The predicted octanol–water partition coefficient (Wildman–Crippen LogP) is 3.66. The Bertz CT molecular complexity index is 626. The lowest BCUT2D eigenvalue weighted by atomic mass is 9.96. The number of aromatic nitrogens is 3. The molecule has 0 aliphatic heterocycles. The van der Waals surface area contributed by atoms with Crippen LogP contribution in [-0.4, -0.2) is 21.1 Å². The number of benzene rings is 1. The van der Waals surface area contributed by atoms with E-state index in [0.29, 0.717) is 21.6 Å². The van der Waals surface area contributed by atoms with Gasteiger partial charge in [-0.25, -0.2) is 4.98 Å². The maximum absolute atomic E-state index is 12.0. The van der Waals surface area contributed by atoms with E-state index in [0.717, 1.165) is 0 Å². The number of rotatable bonds is 2. The van der Waals surface area contributed by atoms with Gasteiger partial charge in [-0.05, 0) is 18.2 Å². The number of hydrogen-bond acceptors (Lipinski definition) is 3. The Balaban J connectivity index is 2.18. The van der Waals surface area contributed by atoms with Crippen LogP contribution in [-0.2, 0) is 5.41 Å². The second-order valence-electron chi connectivity index (χ2n) is 5.37. The molecule has 0 saturated heterocycles. The average Bonchev–Trinajstić information content (AvgIpc) is 2.75. The Morgan fingerprint density at radius 2 is 1.80 bits per heavy atom. The van der Waals surface area contributed by atoms with Crippen molar-refractivity contribution in [1.82, 2.24) is 15.2 Å². The fourth-order valence-electron chi connectivity index (χ4n) is 1.51. The molecule has 106 valence electrons. The Morgan fingerprint density at radius 3 is 2.30 bits per heavy atom. The number of nitrogens with one attached hydrogen (secondary N) is 2. The minimum Gasteiger partial charge on any atom is -0.319 e. The molecule has 2 N–H and O–H groups in total. The summed E-state index contributed by atoms with van der Waals surface area (Å²) < 4.78 is 0. The molecule has 0 unspecified atom stereocenters. The number of hydrogen-bond donors (Lipinski definition) is 2. The van der Waals surface area contributed by atoms with Gasteiger partial charge < -0.3 is 5.32 Å². The zero-order valence-corrected chi connectivity index (χ0v) is 12.8. The fourth-order valence-corrected chi connectivity index (χ4v) is 2.04. The van der Waals surface area contributed by atoms with Crippen molar-refractivity contribution in [3.63, 3.8) is 0 Å². The summed E-state index contributed by atoms with van der Waals surface area (Å²) in [4.78, 5) is 16.2. The predicted molar refractivity (Wildman–Crippen MR) is 79.5 cm³/mol. The summed E-state index contributed by atoms with van der Waals surface area (Å²) in [5.74, 6) is 0.299. The molecular weight excluding hydrogens is 299 g/mol. The first-order chi connectivity index (χ1) is 9.25. The van der Waals surface area contributed by atoms with Gasteiger partial charge in [0.05, 0.1) is 0 Å². The standard InChI is InChI=1S/C13H14Cl2N4O/c1-13(2,3)12-17-10(18-19-12)11(20)16-9-5-7(14)4-8(15)6-9/h4-6H,1-3H3,(H,16,20)(H,17,18,19). The van der Waals surface area contributed by atoms with E-state index in [1.54, 1.807) is 18.2 Å². The summed E-state index contributed by atoms with van der Waals surface area (Å²) in [5.41, 5.74) is 0.292. The van der Waals surface area contributed by atoms with Crippen molar-refractivity contribution < 1.29 is 4.79 Å². The lowest BCUT2D eigenvalue weighted by Crippen LogP contribution is -2.16. The van der Waals surface area contributed by atoms with Crippen LogP contribution in [0.4, 0.5) is 5.69 Å². The van der Waals surface area contributed by atoms with Gasteiger partial charge in [0, 0.05) is 21.1 Å². The minimum atomic E-state index is -0.421. The molecule has 0 bridgehead atoms. The van der Waals surface area contributed by atoms with Crippen molar-refractivity contribution in [2.75, 3.05) is 5.32 Å². The summed E-state index contributed by atoms with van der Waals surface area (Å²) in [7, 11) is 0. The molecule has 1 amide bonds. The van der Waals surface area contributed by atoms with E-state index in [1.807, 2.05) is 20.8 Å². The van der Waals surface area contributed by atoms with E-state index < -0.39 is 5.91 Å². The van der Waals surface area contributed by atoms with Gasteiger partial charge in [0.15, 0.2) is 0 Å². The third-order valence-corrected chi connectivity index (χ3v) is 2.96. The molecule has 2 rings (SSSR count). The van der Waals surface area contributed by atoms with Crippen LogP contribution < -0.4 is 5.32 Å². The Kier molecular flexibility index (Phi) is 4.01. The molecule has 0 fully saturated rings. The third kappa shape index (κ3) is 3.49. The molecule has 1 heterocycles. The summed E-state index contributed by atoms with van der Waals surface area (Å²) in [5, 5.41) is 10.2. The molecule has 0 saturated carbocycles. The number of carbonyl (C=O) groups excluding carboxylic acids is 1. The van der Waals surface area contributed by atoms with Crippen LogP contribution in [0.1, 0.15) is 37.2 Å². The van der Waals surface area contributed by atoms with E-state index in [2.05, 4.69) is 20.5 Å². The molecular formula is C13H14Cl2N4O. The number of nitrogens with zero attached hydrogens (tertiary/aromatic N) is 2. The zero-order chi connectivity index (χ0) is 14.9. The lowest BCUT2D eigenvalue weighted by molar-refractivity contribution is 0.101. The molecule has 0 atom stereocenters. The van der Waals surface area contributed by atoms with Crippen molar-refractivity contribution in [2.24, 2.45) is 0 Å². The van der Waals surface area contributed by atoms with Gasteiger partial charge in [-0.15, -0.1) is 5.10 Å². The van der Waals surface area contributed by atoms with E-state index >= 15 is 0 Å². The fraction of sp³-hybridized carbons (Fsp3) is 0.308. The monoisotopic (exact) mass is 312 g/mol. The third-order valence-electron chi connectivity index (χ3n) is 2.52. The van der Waals surface area contributed by atoms with Gasteiger partial charge in [0.2, 0.25) is 5.82 Å². The van der Waals surface area contributed by atoms with Crippen LogP contribution in [0.15, 0.2) is 18.2 Å². The van der Waals surface area contributed by atoms with Crippen LogP contribution in [0, 0.1) is 0 Å². The molecule has 7 heteroatoms. The first-order valence-electron chi connectivity index (χ1n) is 5.96.